The highest BCUT2D eigenvalue weighted by Crippen LogP contribution is 2.21. The fourth-order valence-electron chi connectivity index (χ4n) is 4.24. The molecule has 8 heterocycles. The fourth-order valence-corrected chi connectivity index (χ4v) is 4.72. The molecule has 5 N–H and O–H groups in total. The van der Waals surface area contributed by atoms with Crippen molar-refractivity contribution in [1.29, 1.82) is 0 Å². The lowest BCUT2D eigenvalue weighted by Crippen LogP contribution is -2.30. The summed E-state index contributed by atoms with van der Waals surface area (Å²) in [5.41, 5.74) is 6.37. The Balaban J connectivity index is 0.000000181. The van der Waals surface area contributed by atoms with Crippen molar-refractivity contribution in [3.05, 3.63) is 149 Å². The van der Waals surface area contributed by atoms with Crippen LogP contribution in [0, 0.1) is 35.7 Å². The van der Waals surface area contributed by atoms with E-state index in [9.17, 15) is 26.3 Å². The van der Waals surface area contributed by atoms with Crippen molar-refractivity contribution in [3.8, 4) is 22.5 Å². The summed E-state index contributed by atoms with van der Waals surface area (Å²) in [7, 11) is 1.69. The molecule has 0 unspecified atom stereocenters. The minimum atomic E-state index is -1.87. The molecule has 0 radical (unpaired) electrons. The molecule has 62 heavy (non-hydrogen) atoms. The third-order valence-electron chi connectivity index (χ3n) is 6.99. The summed E-state index contributed by atoms with van der Waals surface area (Å²) in [4.78, 5) is 31.7. The van der Waals surface area contributed by atoms with E-state index in [2.05, 4.69) is 60.4 Å². The van der Waals surface area contributed by atoms with E-state index in [1.165, 1.54) is 24.7 Å². The van der Waals surface area contributed by atoms with Gasteiger partial charge in [0, 0.05) is 74.1 Å². The normalized spacial score (nSPS) is 10.1. The van der Waals surface area contributed by atoms with E-state index >= 15 is 0 Å². The summed E-state index contributed by atoms with van der Waals surface area (Å²) in [5.74, 6) is -4.07. The molecular weight excluding hydrogens is 894 g/mol. The number of nitrogen functional groups attached to an aromatic ring is 1. The first kappa shape index (κ1) is 47.8. The van der Waals surface area contributed by atoms with Crippen molar-refractivity contribution in [2.24, 2.45) is 14.1 Å². The Morgan fingerprint density at radius 1 is 0.548 bits per heavy atom. The Morgan fingerprint density at radius 3 is 1.39 bits per heavy atom. The van der Waals surface area contributed by atoms with Gasteiger partial charge < -0.3 is 21.1 Å². The Kier molecular flexibility index (Phi) is 17.9. The van der Waals surface area contributed by atoms with Crippen LogP contribution in [-0.4, -0.2) is 81.6 Å². The number of aryl methyl sites for hydroxylation is 2. The zero-order chi connectivity index (χ0) is 45.3. The largest absolute Gasteiger partial charge is 0.488 e. The zero-order valence-corrected chi connectivity index (χ0v) is 33.8. The second kappa shape index (κ2) is 23.2. The van der Waals surface area contributed by atoms with Crippen molar-refractivity contribution >= 4 is 65.0 Å². The highest BCUT2D eigenvalue weighted by molar-refractivity contribution is 6.58. The van der Waals surface area contributed by atoms with Crippen LogP contribution < -0.4 is 16.5 Å². The molecule has 0 spiro atoms. The minimum absolute atomic E-state index is 0.0186. The molecule has 0 aliphatic rings. The van der Waals surface area contributed by atoms with Crippen LogP contribution >= 0.6 is 34.8 Å². The molecule has 0 fully saturated rings. The van der Waals surface area contributed by atoms with E-state index in [-0.39, 0.29) is 27.2 Å². The molecule has 17 nitrogen and oxygen atoms in total. The van der Waals surface area contributed by atoms with Crippen LogP contribution in [-0.2, 0) is 14.1 Å². The van der Waals surface area contributed by atoms with Gasteiger partial charge in [0.2, 0.25) is 52.2 Å². The average Bonchev–Trinajstić information content (AvgIpc) is 3.79. The van der Waals surface area contributed by atoms with Gasteiger partial charge in [-0.25, -0.2) is 29.9 Å². The first-order valence-corrected chi connectivity index (χ1v) is 17.9. The van der Waals surface area contributed by atoms with Gasteiger partial charge in [0.05, 0.1) is 23.8 Å². The standard InChI is InChI=1S/C13H10F2N6.C9H4ClF2N3.C5H4BF2NO2.C4H2Cl2N2.C4H7N3/c1-21-12(3-5-17-21)20-13-16-4-2-9(18-13)8-6-10(14)19-11(15)7-8;10-9-13-2-1-6(14-9)5-3-7(11)15-8(12)4-5;7-4-1-3(6(10)11)2-5(8)9-4;5-3-1-2-7-4(6)8-3;1-7-4(5)2-3-6-7/h2-7H,1H3,(H,16,18,20);1-4H;1-2,10-11H;1-2H;2-3H,5H2,1H3. The second-order valence-corrected chi connectivity index (χ2v) is 12.5. The van der Waals surface area contributed by atoms with Gasteiger partial charge in [-0.2, -0.15) is 51.5 Å². The predicted molar refractivity (Wildman–Crippen MR) is 216 cm³/mol. The maximum absolute atomic E-state index is 13.2. The molecule has 8 rings (SSSR count). The molecule has 0 aliphatic carbocycles. The number of nitrogens with zero attached hydrogens (tertiary/aromatic N) is 13. The number of halogens is 9. The Hall–Kier alpha value is -6.86. The minimum Gasteiger partial charge on any atom is -0.423 e. The summed E-state index contributed by atoms with van der Waals surface area (Å²) in [5, 5.41) is 28.3. The van der Waals surface area contributed by atoms with Gasteiger partial charge in [0.25, 0.3) is 0 Å². The van der Waals surface area contributed by atoms with Crippen molar-refractivity contribution in [2.45, 2.75) is 0 Å². The van der Waals surface area contributed by atoms with Crippen molar-refractivity contribution in [2.75, 3.05) is 11.1 Å². The molecule has 0 saturated heterocycles. The molecule has 0 bridgehead atoms. The Morgan fingerprint density at radius 2 is 1.00 bits per heavy atom. The van der Waals surface area contributed by atoms with Crippen LogP contribution in [0.15, 0.2) is 97.7 Å². The zero-order valence-electron chi connectivity index (χ0n) is 31.5. The molecule has 8 aromatic rings. The summed E-state index contributed by atoms with van der Waals surface area (Å²) < 4.78 is 79.5. The Bertz CT molecular complexity index is 2610. The summed E-state index contributed by atoms with van der Waals surface area (Å²) in [6.07, 6.45) is 7.69. The van der Waals surface area contributed by atoms with Crippen LogP contribution in [0.5, 0.6) is 0 Å². The molecule has 8 aromatic heterocycles. The smallest absolute Gasteiger partial charge is 0.423 e. The Labute approximate surface area is 361 Å². The number of hydrogen-bond donors (Lipinski definition) is 4. The van der Waals surface area contributed by atoms with Crippen LogP contribution in [0.1, 0.15) is 0 Å². The van der Waals surface area contributed by atoms with Crippen molar-refractivity contribution in [1.82, 2.24) is 64.4 Å². The lowest BCUT2D eigenvalue weighted by molar-refractivity contribution is 0.423. The number of aromatic nitrogens is 13. The highest BCUT2D eigenvalue weighted by Gasteiger charge is 2.14. The lowest BCUT2D eigenvalue weighted by atomic mass is 9.81. The van der Waals surface area contributed by atoms with Gasteiger partial charge in [-0.3, -0.25) is 9.36 Å². The second-order valence-electron chi connectivity index (χ2n) is 11.4. The molecule has 320 valence electrons. The first-order valence-electron chi connectivity index (χ1n) is 16.8. The SMILES string of the molecule is Clc1ccnc(Cl)n1.Cn1nccc1N.Cn1nccc1Nc1nccc(-c2cc(F)nc(F)c2)n1.Fc1cc(-c2ccnc(Cl)n2)cc(F)n1.OB(O)c1cc(F)nc(F)c1. The van der Waals surface area contributed by atoms with E-state index in [1.54, 1.807) is 60.1 Å². The van der Waals surface area contributed by atoms with Crippen LogP contribution in [0.4, 0.5) is 43.9 Å². The van der Waals surface area contributed by atoms with Crippen molar-refractivity contribution < 1.29 is 36.4 Å². The average molecular weight is 921 g/mol. The lowest BCUT2D eigenvalue weighted by Gasteiger charge is -2.06. The quantitative estimate of drug-likeness (QED) is 0.0542. The first-order chi connectivity index (χ1) is 29.4. The van der Waals surface area contributed by atoms with Crippen LogP contribution in [0.25, 0.3) is 22.5 Å². The van der Waals surface area contributed by atoms with E-state index in [0.717, 1.165) is 36.4 Å². The van der Waals surface area contributed by atoms with Crippen LogP contribution in [0.3, 0.4) is 0 Å². The number of pyridine rings is 3. The van der Waals surface area contributed by atoms with Gasteiger partial charge in [0.15, 0.2) is 0 Å². The van der Waals surface area contributed by atoms with Gasteiger partial charge >= 0.3 is 7.12 Å². The monoisotopic (exact) mass is 919 g/mol. The highest BCUT2D eigenvalue weighted by atomic mass is 35.5. The fraction of sp³-hybridized carbons (Fsp3) is 0.0571. The number of rotatable bonds is 5. The number of nitrogens with one attached hydrogen (secondary N) is 1. The molecule has 0 saturated carbocycles. The van der Waals surface area contributed by atoms with Gasteiger partial charge in [-0.15, -0.1) is 0 Å². The summed E-state index contributed by atoms with van der Waals surface area (Å²) >= 11 is 16.3. The number of hydrogen-bond acceptors (Lipinski definition) is 15. The van der Waals surface area contributed by atoms with Gasteiger partial charge in [-0.05, 0) is 65.1 Å². The maximum atomic E-state index is 13.2. The summed E-state index contributed by atoms with van der Waals surface area (Å²) in [6.45, 7) is 0. The molecule has 0 aromatic carbocycles. The van der Waals surface area contributed by atoms with Crippen LogP contribution in [0.2, 0.25) is 15.7 Å². The van der Waals surface area contributed by atoms with Crippen molar-refractivity contribution in [3.63, 3.8) is 0 Å². The maximum Gasteiger partial charge on any atom is 0.488 e. The number of nitrogens with two attached hydrogens (primary N) is 1. The molecular formula is C35H27BCl3F6N15O2. The summed E-state index contributed by atoms with van der Waals surface area (Å²) in [6, 6.07) is 14.0. The van der Waals surface area contributed by atoms with Gasteiger partial charge in [-0.1, -0.05) is 11.6 Å². The van der Waals surface area contributed by atoms with E-state index < -0.39 is 42.8 Å². The number of anilines is 3. The van der Waals surface area contributed by atoms with E-state index in [4.69, 9.17) is 50.6 Å². The van der Waals surface area contributed by atoms with E-state index in [0.29, 0.717) is 34.1 Å². The predicted octanol–water partition coefficient (Wildman–Crippen LogP) is 5.59. The molecule has 0 atom stereocenters. The third kappa shape index (κ3) is 16.0. The van der Waals surface area contributed by atoms with Gasteiger partial charge in [0.1, 0.15) is 16.8 Å². The van der Waals surface area contributed by atoms with E-state index in [1.807, 2.05) is 0 Å². The molecule has 0 aliphatic heterocycles. The molecule has 27 heteroatoms. The topological polar surface area (TPSA) is 230 Å². The molecule has 0 amide bonds. The third-order valence-corrected chi connectivity index (χ3v) is 7.57.